The maximum Gasteiger partial charge on any atom is 0.252 e. The van der Waals surface area contributed by atoms with Gasteiger partial charge in [0.2, 0.25) is 0 Å². The van der Waals surface area contributed by atoms with Gasteiger partial charge in [-0.05, 0) is 49.3 Å². The molecule has 1 heterocycles. The monoisotopic (exact) mass is 351 g/mol. The first-order chi connectivity index (χ1) is 12.6. The molecule has 0 aliphatic carbocycles. The van der Waals surface area contributed by atoms with Gasteiger partial charge < -0.3 is 19.9 Å². The number of fused-ring (bicyclic) bond motifs is 1. The van der Waals surface area contributed by atoms with Crippen molar-refractivity contribution in [2.75, 3.05) is 27.7 Å². The number of nitrogens with one attached hydrogen (secondary N) is 2. The second kappa shape index (κ2) is 8.17. The number of likely N-dealkylation sites (N-methyl/N-ethyl adjacent to an activating group) is 1. The highest BCUT2D eigenvalue weighted by atomic mass is 16.5. The molecule has 5 nitrogen and oxygen atoms in total. The molecule has 2 N–H and O–H groups in total. The lowest BCUT2D eigenvalue weighted by Gasteiger charge is -2.25. The SMILES string of the molecule is COc1cccc(C(CNCc2cc3ccccc3[nH]c2=O)N(C)C)c1. The molecule has 0 bridgehead atoms. The molecule has 5 heteroatoms. The summed E-state index contributed by atoms with van der Waals surface area (Å²) in [6.45, 7) is 1.25. The van der Waals surface area contributed by atoms with Crippen LogP contribution in [0.1, 0.15) is 17.2 Å². The number of ether oxygens (including phenoxy) is 1. The minimum absolute atomic E-state index is 0.0426. The van der Waals surface area contributed by atoms with Gasteiger partial charge >= 0.3 is 0 Å². The summed E-state index contributed by atoms with van der Waals surface area (Å²) in [7, 11) is 5.78. The van der Waals surface area contributed by atoms with E-state index in [0.29, 0.717) is 6.54 Å². The van der Waals surface area contributed by atoms with Gasteiger partial charge in [0.1, 0.15) is 5.75 Å². The molecular formula is C21H25N3O2. The summed E-state index contributed by atoms with van der Waals surface area (Å²) in [5.74, 6) is 0.848. The molecular weight excluding hydrogens is 326 g/mol. The molecule has 1 aromatic heterocycles. The van der Waals surface area contributed by atoms with E-state index >= 15 is 0 Å². The Morgan fingerprint density at radius 3 is 2.69 bits per heavy atom. The first-order valence-electron chi connectivity index (χ1n) is 8.70. The molecule has 3 rings (SSSR count). The Morgan fingerprint density at radius 2 is 1.92 bits per heavy atom. The van der Waals surface area contributed by atoms with E-state index in [1.54, 1.807) is 7.11 Å². The molecule has 0 radical (unpaired) electrons. The number of benzene rings is 2. The van der Waals surface area contributed by atoms with Crippen molar-refractivity contribution in [2.45, 2.75) is 12.6 Å². The van der Waals surface area contributed by atoms with Crippen molar-refractivity contribution in [1.29, 1.82) is 0 Å². The summed E-state index contributed by atoms with van der Waals surface area (Å²) in [6, 6.07) is 18.0. The van der Waals surface area contributed by atoms with Crippen LogP contribution in [0, 0.1) is 0 Å². The molecule has 0 saturated heterocycles. The number of aromatic nitrogens is 1. The number of nitrogens with zero attached hydrogens (tertiary/aromatic N) is 1. The van der Waals surface area contributed by atoms with Crippen LogP contribution < -0.4 is 15.6 Å². The van der Waals surface area contributed by atoms with E-state index in [1.165, 1.54) is 5.56 Å². The first-order valence-corrected chi connectivity index (χ1v) is 8.70. The van der Waals surface area contributed by atoms with Crippen LogP contribution in [0.4, 0.5) is 0 Å². The molecule has 1 unspecified atom stereocenters. The number of methoxy groups -OCH3 is 1. The predicted molar refractivity (Wildman–Crippen MR) is 106 cm³/mol. The van der Waals surface area contributed by atoms with Gasteiger partial charge in [0.05, 0.1) is 7.11 Å². The van der Waals surface area contributed by atoms with Gasteiger partial charge in [0, 0.05) is 30.2 Å². The molecule has 0 fully saturated rings. The van der Waals surface area contributed by atoms with E-state index in [4.69, 9.17) is 4.74 Å². The van der Waals surface area contributed by atoms with E-state index in [9.17, 15) is 4.79 Å². The smallest absolute Gasteiger partial charge is 0.252 e. The number of H-pyrrole nitrogens is 1. The Morgan fingerprint density at radius 1 is 1.12 bits per heavy atom. The third kappa shape index (κ3) is 4.12. The average molecular weight is 351 g/mol. The van der Waals surface area contributed by atoms with Crippen LogP contribution in [0.25, 0.3) is 10.9 Å². The maximum atomic E-state index is 12.3. The zero-order valence-electron chi connectivity index (χ0n) is 15.5. The molecule has 2 aromatic carbocycles. The topological polar surface area (TPSA) is 57.4 Å². The molecule has 136 valence electrons. The zero-order valence-corrected chi connectivity index (χ0v) is 15.5. The molecule has 0 amide bonds. The Hall–Kier alpha value is -2.63. The number of aromatic amines is 1. The quantitative estimate of drug-likeness (QED) is 0.687. The van der Waals surface area contributed by atoms with Crippen molar-refractivity contribution in [1.82, 2.24) is 15.2 Å². The van der Waals surface area contributed by atoms with Crippen LogP contribution in [-0.2, 0) is 6.54 Å². The number of hydrogen-bond acceptors (Lipinski definition) is 4. The Labute approximate surface area is 153 Å². The van der Waals surface area contributed by atoms with Gasteiger partial charge in [0.25, 0.3) is 5.56 Å². The number of hydrogen-bond donors (Lipinski definition) is 2. The minimum Gasteiger partial charge on any atom is -0.497 e. The lowest BCUT2D eigenvalue weighted by Crippen LogP contribution is -2.32. The highest BCUT2D eigenvalue weighted by Crippen LogP contribution is 2.22. The summed E-state index contributed by atoms with van der Waals surface area (Å²) < 4.78 is 5.33. The third-order valence-corrected chi connectivity index (χ3v) is 4.59. The highest BCUT2D eigenvalue weighted by Gasteiger charge is 2.14. The van der Waals surface area contributed by atoms with E-state index in [-0.39, 0.29) is 11.6 Å². The number of para-hydroxylation sites is 1. The fraction of sp³-hybridized carbons (Fsp3) is 0.286. The van der Waals surface area contributed by atoms with Crippen LogP contribution in [0.5, 0.6) is 5.75 Å². The van der Waals surface area contributed by atoms with E-state index < -0.39 is 0 Å². The van der Waals surface area contributed by atoms with Gasteiger partial charge in [-0.3, -0.25) is 4.79 Å². The van der Waals surface area contributed by atoms with E-state index in [1.807, 2.05) is 42.5 Å². The lowest BCUT2D eigenvalue weighted by molar-refractivity contribution is 0.287. The fourth-order valence-corrected chi connectivity index (χ4v) is 3.11. The van der Waals surface area contributed by atoms with E-state index in [2.05, 4.69) is 41.4 Å². The molecule has 1 atom stereocenters. The van der Waals surface area contributed by atoms with Crippen molar-refractivity contribution in [3.05, 3.63) is 76.1 Å². The van der Waals surface area contributed by atoms with Crippen LogP contribution in [-0.4, -0.2) is 37.6 Å². The Bertz CT molecular complexity index is 934. The summed E-state index contributed by atoms with van der Waals surface area (Å²) in [4.78, 5) is 17.4. The van der Waals surface area contributed by atoms with Crippen molar-refractivity contribution in [3.63, 3.8) is 0 Å². The van der Waals surface area contributed by atoms with Gasteiger partial charge in [-0.2, -0.15) is 0 Å². The lowest BCUT2D eigenvalue weighted by atomic mass is 10.1. The van der Waals surface area contributed by atoms with Crippen LogP contribution in [0.2, 0.25) is 0 Å². The molecule has 3 aromatic rings. The maximum absolute atomic E-state index is 12.3. The van der Waals surface area contributed by atoms with Crippen molar-refractivity contribution in [2.24, 2.45) is 0 Å². The molecule has 26 heavy (non-hydrogen) atoms. The summed E-state index contributed by atoms with van der Waals surface area (Å²) >= 11 is 0. The molecule has 0 aliphatic heterocycles. The van der Waals surface area contributed by atoms with Gasteiger partial charge in [-0.25, -0.2) is 0 Å². The van der Waals surface area contributed by atoms with Crippen LogP contribution in [0.3, 0.4) is 0 Å². The normalized spacial score (nSPS) is 12.5. The van der Waals surface area contributed by atoms with E-state index in [0.717, 1.165) is 28.8 Å². The number of pyridine rings is 1. The Balaban J connectivity index is 1.72. The second-order valence-electron chi connectivity index (χ2n) is 6.60. The fourth-order valence-electron chi connectivity index (χ4n) is 3.11. The van der Waals surface area contributed by atoms with Crippen LogP contribution in [0.15, 0.2) is 59.4 Å². The van der Waals surface area contributed by atoms with Gasteiger partial charge in [-0.1, -0.05) is 30.3 Å². The van der Waals surface area contributed by atoms with Crippen molar-refractivity contribution >= 4 is 10.9 Å². The number of rotatable bonds is 7. The summed E-state index contributed by atoms with van der Waals surface area (Å²) in [6.07, 6.45) is 0. The predicted octanol–water partition coefficient (Wildman–Crippen LogP) is 2.93. The van der Waals surface area contributed by atoms with Gasteiger partial charge in [-0.15, -0.1) is 0 Å². The Kier molecular flexibility index (Phi) is 5.71. The molecule has 0 saturated carbocycles. The zero-order chi connectivity index (χ0) is 18.5. The highest BCUT2D eigenvalue weighted by molar-refractivity contribution is 5.78. The molecule has 0 spiro atoms. The largest absolute Gasteiger partial charge is 0.497 e. The minimum atomic E-state index is -0.0426. The summed E-state index contributed by atoms with van der Waals surface area (Å²) in [5.41, 5.74) is 2.74. The van der Waals surface area contributed by atoms with Crippen molar-refractivity contribution in [3.8, 4) is 5.75 Å². The first kappa shape index (κ1) is 18.2. The standard InChI is InChI=1S/C21H25N3O2/c1-24(2)20(16-8-6-9-18(12-16)26-3)14-22-13-17-11-15-7-4-5-10-19(15)23-21(17)25/h4-12,20,22H,13-14H2,1-3H3,(H,23,25). The van der Waals surface area contributed by atoms with Crippen LogP contribution >= 0.6 is 0 Å². The second-order valence-corrected chi connectivity index (χ2v) is 6.60. The molecule has 0 aliphatic rings. The summed E-state index contributed by atoms with van der Waals surface area (Å²) in [5, 5.41) is 4.46. The van der Waals surface area contributed by atoms with Gasteiger partial charge in [0.15, 0.2) is 0 Å². The van der Waals surface area contributed by atoms with Crippen molar-refractivity contribution < 1.29 is 4.74 Å². The third-order valence-electron chi connectivity index (χ3n) is 4.59. The average Bonchev–Trinajstić information content (AvgIpc) is 2.65.